The monoisotopic (exact) mass is 243 g/mol. The van der Waals surface area contributed by atoms with Crippen LogP contribution >= 0.6 is 0 Å². The molecule has 0 radical (unpaired) electrons. The molecule has 0 fully saturated rings. The van der Waals surface area contributed by atoms with E-state index in [-0.39, 0.29) is 12.8 Å². The Hall–Kier alpha value is -2.21. The highest BCUT2D eigenvalue weighted by molar-refractivity contribution is 5.80. The summed E-state index contributed by atoms with van der Waals surface area (Å²) < 4.78 is 1.67. The van der Waals surface area contributed by atoms with Gasteiger partial charge in [0.25, 0.3) is 0 Å². The molecule has 18 heavy (non-hydrogen) atoms. The standard InChI is InChI=1S/C12H13N5O/c13-10-11(8-4-2-1-3-5-8)16-17-9(6-7-18)14-15-12(10)17/h1-5,9,18H,6-7,13H2. The van der Waals surface area contributed by atoms with Gasteiger partial charge in [-0.25, -0.2) is 4.68 Å². The largest absolute Gasteiger partial charge is 0.396 e. The molecule has 92 valence electrons. The molecule has 0 bridgehead atoms. The summed E-state index contributed by atoms with van der Waals surface area (Å²) in [4.78, 5) is 0. The number of aliphatic hydroxyl groups is 1. The lowest BCUT2D eigenvalue weighted by atomic mass is 10.1. The maximum Gasteiger partial charge on any atom is 0.198 e. The first-order valence-electron chi connectivity index (χ1n) is 5.76. The molecule has 1 aromatic heterocycles. The number of aromatic nitrogens is 2. The van der Waals surface area contributed by atoms with Gasteiger partial charge in [0, 0.05) is 18.6 Å². The lowest BCUT2D eigenvalue weighted by Crippen LogP contribution is -2.06. The Bertz CT molecular complexity index is 590. The Morgan fingerprint density at radius 2 is 2.06 bits per heavy atom. The summed E-state index contributed by atoms with van der Waals surface area (Å²) in [6.45, 7) is 0.0452. The zero-order chi connectivity index (χ0) is 12.5. The molecule has 0 aliphatic carbocycles. The van der Waals surface area contributed by atoms with Crippen molar-refractivity contribution in [1.82, 2.24) is 9.78 Å². The molecule has 6 heteroatoms. The fourth-order valence-electron chi connectivity index (χ4n) is 2.02. The second-order valence-electron chi connectivity index (χ2n) is 4.10. The van der Waals surface area contributed by atoms with Crippen LogP contribution in [0, 0.1) is 0 Å². The molecule has 2 aromatic rings. The topological polar surface area (TPSA) is 88.8 Å². The van der Waals surface area contributed by atoms with E-state index in [1.807, 2.05) is 30.3 Å². The van der Waals surface area contributed by atoms with Gasteiger partial charge in [-0.2, -0.15) is 10.2 Å². The highest BCUT2D eigenvalue weighted by atomic mass is 16.3. The molecule has 0 saturated carbocycles. The Balaban J connectivity index is 2.05. The van der Waals surface area contributed by atoms with Crippen molar-refractivity contribution < 1.29 is 5.11 Å². The second kappa shape index (κ2) is 4.23. The predicted molar refractivity (Wildman–Crippen MR) is 67.3 cm³/mol. The van der Waals surface area contributed by atoms with E-state index in [1.165, 1.54) is 0 Å². The molecule has 1 aliphatic heterocycles. The van der Waals surface area contributed by atoms with Crippen LogP contribution in [-0.4, -0.2) is 21.5 Å². The van der Waals surface area contributed by atoms with Crippen molar-refractivity contribution in [1.29, 1.82) is 0 Å². The van der Waals surface area contributed by atoms with Crippen molar-refractivity contribution >= 4 is 11.5 Å². The minimum Gasteiger partial charge on any atom is -0.396 e. The molecule has 0 amide bonds. The highest BCUT2D eigenvalue weighted by Crippen LogP contribution is 2.40. The maximum absolute atomic E-state index is 8.97. The lowest BCUT2D eigenvalue weighted by molar-refractivity contribution is 0.257. The van der Waals surface area contributed by atoms with Crippen LogP contribution in [0.1, 0.15) is 12.6 Å². The summed E-state index contributed by atoms with van der Waals surface area (Å²) in [5, 5.41) is 21.5. The van der Waals surface area contributed by atoms with Crippen molar-refractivity contribution in [2.75, 3.05) is 12.3 Å². The van der Waals surface area contributed by atoms with Gasteiger partial charge in [0.15, 0.2) is 12.0 Å². The third-order valence-electron chi connectivity index (χ3n) is 2.92. The number of benzene rings is 1. The van der Waals surface area contributed by atoms with Crippen LogP contribution in [0.15, 0.2) is 40.6 Å². The number of rotatable bonds is 3. The summed E-state index contributed by atoms with van der Waals surface area (Å²) >= 11 is 0. The first-order chi connectivity index (χ1) is 8.81. The van der Waals surface area contributed by atoms with Crippen LogP contribution in [0.25, 0.3) is 11.3 Å². The van der Waals surface area contributed by atoms with Crippen LogP contribution in [0.2, 0.25) is 0 Å². The van der Waals surface area contributed by atoms with Gasteiger partial charge in [0.05, 0.1) is 0 Å². The average molecular weight is 243 g/mol. The second-order valence-corrected chi connectivity index (χ2v) is 4.10. The van der Waals surface area contributed by atoms with Crippen LogP contribution < -0.4 is 5.73 Å². The van der Waals surface area contributed by atoms with Crippen molar-refractivity contribution in [2.45, 2.75) is 12.6 Å². The smallest absolute Gasteiger partial charge is 0.198 e. The highest BCUT2D eigenvalue weighted by Gasteiger charge is 2.26. The number of nitrogen functional groups attached to an aromatic ring is 1. The van der Waals surface area contributed by atoms with Gasteiger partial charge >= 0.3 is 0 Å². The number of fused-ring (bicyclic) bond motifs is 1. The van der Waals surface area contributed by atoms with Crippen molar-refractivity contribution in [3.63, 3.8) is 0 Å². The van der Waals surface area contributed by atoms with Gasteiger partial charge < -0.3 is 10.8 Å². The number of aliphatic hydroxyl groups excluding tert-OH is 1. The molecule has 3 N–H and O–H groups in total. The SMILES string of the molecule is Nc1c(-c2ccccc2)nn2c1N=NC2CCO. The Morgan fingerprint density at radius 3 is 2.78 bits per heavy atom. The predicted octanol–water partition coefficient (Wildman–Crippen LogP) is 2.11. The molecule has 6 nitrogen and oxygen atoms in total. The summed E-state index contributed by atoms with van der Waals surface area (Å²) in [5.74, 6) is 0.576. The van der Waals surface area contributed by atoms with Crippen LogP contribution in [-0.2, 0) is 0 Å². The third kappa shape index (κ3) is 1.58. The van der Waals surface area contributed by atoms with E-state index in [9.17, 15) is 0 Å². The van der Waals surface area contributed by atoms with E-state index < -0.39 is 0 Å². The van der Waals surface area contributed by atoms with Crippen LogP contribution in [0.4, 0.5) is 11.5 Å². The average Bonchev–Trinajstić information content (AvgIpc) is 2.93. The van der Waals surface area contributed by atoms with Gasteiger partial charge in [0.1, 0.15) is 11.4 Å². The number of azo groups is 1. The molecular formula is C12H13N5O. The molecule has 1 unspecified atom stereocenters. The fourth-order valence-corrected chi connectivity index (χ4v) is 2.02. The summed E-state index contributed by atoms with van der Waals surface area (Å²) in [6.07, 6.45) is 0.246. The van der Waals surface area contributed by atoms with Gasteiger partial charge in [-0.05, 0) is 0 Å². The van der Waals surface area contributed by atoms with Crippen molar-refractivity contribution in [3.05, 3.63) is 30.3 Å². The first-order valence-corrected chi connectivity index (χ1v) is 5.76. The van der Waals surface area contributed by atoms with E-state index in [4.69, 9.17) is 10.8 Å². The zero-order valence-corrected chi connectivity index (χ0v) is 9.69. The Kier molecular flexibility index (Phi) is 2.56. The van der Waals surface area contributed by atoms with E-state index in [2.05, 4.69) is 15.3 Å². The molecule has 3 rings (SSSR count). The van der Waals surface area contributed by atoms with Gasteiger partial charge in [-0.3, -0.25) is 0 Å². The summed E-state index contributed by atoms with van der Waals surface area (Å²) in [6, 6.07) is 9.72. The Morgan fingerprint density at radius 1 is 1.28 bits per heavy atom. The maximum atomic E-state index is 8.97. The minimum atomic E-state index is -0.246. The molecule has 1 aliphatic rings. The fraction of sp³-hybridized carbons (Fsp3) is 0.250. The third-order valence-corrected chi connectivity index (χ3v) is 2.92. The quantitative estimate of drug-likeness (QED) is 0.865. The van der Waals surface area contributed by atoms with Crippen molar-refractivity contribution in [3.8, 4) is 11.3 Å². The number of hydrogen-bond donors (Lipinski definition) is 2. The van der Waals surface area contributed by atoms with Crippen LogP contribution in [0.3, 0.4) is 0 Å². The van der Waals surface area contributed by atoms with Gasteiger partial charge in [-0.1, -0.05) is 30.3 Å². The molecule has 1 atom stereocenters. The molecular weight excluding hydrogens is 230 g/mol. The van der Waals surface area contributed by atoms with Crippen LogP contribution in [0.5, 0.6) is 0 Å². The minimum absolute atomic E-state index is 0.0452. The summed E-state index contributed by atoms with van der Waals surface area (Å²) in [7, 11) is 0. The molecule has 1 aromatic carbocycles. The number of hydrogen-bond acceptors (Lipinski definition) is 5. The van der Waals surface area contributed by atoms with E-state index in [1.54, 1.807) is 4.68 Å². The van der Waals surface area contributed by atoms with Crippen molar-refractivity contribution in [2.24, 2.45) is 10.2 Å². The molecule has 0 spiro atoms. The zero-order valence-electron chi connectivity index (χ0n) is 9.69. The van der Waals surface area contributed by atoms with Gasteiger partial charge in [-0.15, -0.1) is 5.11 Å². The number of nitrogens with two attached hydrogens (primary N) is 1. The summed E-state index contributed by atoms with van der Waals surface area (Å²) in [5.41, 5.74) is 8.25. The molecule has 2 heterocycles. The lowest BCUT2D eigenvalue weighted by Gasteiger charge is -2.04. The Labute approximate surface area is 104 Å². The van der Waals surface area contributed by atoms with E-state index >= 15 is 0 Å². The normalized spacial score (nSPS) is 17.1. The van der Waals surface area contributed by atoms with E-state index in [0.29, 0.717) is 23.6 Å². The first kappa shape index (κ1) is 10.9. The van der Waals surface area contributed by atoms with Gasteiger partial charge in [0.2, 0.25) is 0 Å². The number of anilines is 1. The van der Waals surface area contributed by atoms with E-state index in [0.717, 1.165) is 5.56 Å². The molecule has 0 saturated heterocycles. The number of nitrogens with zero attached hydrogens (tertiary/aromatic N) is 4.